The fraction of sp³-hybridized carbons (Fsp3) is 0.364. The van der Waals surface area contributed by atoms with Crippen LogP contribution in [-0.4, -0.2) is 37.8 Å². The van der Waals surface area contributed by atoms with Gasteiger partial charge in [0.15, 0.2) is 0 Å². The third-order valence-electron chi connectivity index (χ3n) is 1.92. The molecule has 0 fully saturated rings. The lowest BCUT2D eigenvalue weighted by molar-refractivity contribution is -0.125. The summed E-state index contributed by atoms with van der Waals surface area (Å²) in [4.78, 5) is 14.0. The van der Waals surface area contributed by atoms with Gasteiger partial charge in [0.2, 0.25) is 5.91 Å². The van der Waals surface area contributed by atoms with E-state index in [1.807, 2.05) is 24.3 Å². The molecule has 0 N–H and O–H groups in total. The van der Waals surface area contributed by atoms with Crippen LogP contribution in [0.25, 0.3) is 0 Å². The van der Waals surface area contributed by atoms with Crippen molar-refractivity contribution in [3.8, 4) is 5.75 Å². The van der Waals surface area contributed by atoms with Gasteiger partial charge < -0.3 is 9.64 Å². The zero-order valence-corrected chi connectivity index (χ0v) is 10.0. The van der Waals surface area contributed by atoms with Crippen molar-refractivity contribution in [2.45, 2.75) is 4.90 Å². The van der Waals surface area contributed by atoms with E-state index in [1.165, 1.54) is 11.8 Å². The predicted octanol–water partition coefficient (Wildman–Crippen LogP) is 1.88. The highest BCUT2D eigenvalue weighted by Gasteiger charge is 2.04. The normalized spacial score (nSPS) is 9.80. The second-order valence-electron chi connectivity index (χ2n) is 3.25. The molecule has 0 atom stereocenters. The topological polar surface area (TPSA) is 29.5 Å². The molecule has 0 aliphatic carbocycles. The van der Waals surface area contributed by atoms with E-state index in [2.05, 4.69) is 0 Å². The van der Waals surface area contributed by atoms with Gasteiger partial charge in [-0.05, 0) is 24.3 Å². The largest absolute Gasteiger partial charge is 0.497 e. The smallest absolute Gasteiger partial charge is 0.232 e. The van der Waals surface area contributed by atoms with E-state index in [0.717, 1.165) is 10.6 Å². The van der Waals surface area contributed by atoms with Gasteiger partial charge in [-0.2, -0.15) is 0 Å². The Balaban J connectivity index is 2.47. The van der Waals surface area contributed by atoms with Crippen LogP contribution in [0, 0.1) is 0 Å². The summed E-state index contributed by atoms with van der Waals surface area (Å²) in [6.07, 6.45) is 0. The molecule has 0 aliphatic rings. The van der Waals surface area contributed by atoms with Gasteiger partial charge in [-0.1, -0.05) is 0 Å². The maximum atomic E-state index is 11.3. The van der Waals surface area contributed by atoms with Crippen LogP contribution in [0.5, 0.6) is 5.75 Å². The lowest BCUT2D eigenvalue weighted by atomic mass is 10.3. The molecular weight excluding hydrogens is 212 g/mol. The van der Waals surface area contributed by atoms with E-state index in [9.17, 15) is 4.79 Å². The number of rotatable bonds is 4. The predicted molar refractivity (Wildman–Crippen MR) is 62.4 cm³/mol. The molecule has 0 saturated heterocycles. The van der Waals surface area contributed by atoms with E-state index < -0.39 is 0 Å². The summed E-state index contributed by atoms with van der Waals surface area (Å²) in [5.41, 5.74) is 0. The molecule has 0 bridgehead atoms. The highest BCUT2D eigenvalue weighted by molar-refractivity contribution is 8.00. The molecule has 82 valence electrons. The van der Waals surface area contributed by atoms with Gasteiger partial charge in [0, 0.05) is 19.0 Å². The Morgan fingerprint density at radius 3 is 2.40 bits per heavy atom. The van der Waals surface area contributed by atoms with Crippen LogP contribution in [0.4, 0.5) is 0 Å². The minimum Gasteiger partial charge on any atom is -0.497 e. The average Bonchev–Trinajstić information content (AvgIpc) is 2.26. The van der Waals surface area contributed by atoms with Crippen molar-refractivity contribution in [3.63, 3.8) is 0 Å². The molecule has 0 aromatic heterocycles. The molecule has 15 heavy (non-hydrogen) atoms. The highest BCUT2D eigenvalue weighted by Crippen LogP contribution is 2.21. The van der Waals surface area contributed by atoms with Gasteiger partial charge in [0.1, 0.15) is 5.75 Å². The van der Waals surface area contributed by atoms with Crippen LogP contribution < -0.4 is 4.74 Å². The van der Waals surface area contributed by atoms with Gasteiger partial charge in [-0.3, -0.25) is 4.79 Å². The molecule has 0 saturated carbocycles. The second-order valence-corrected chi connectivity index (χ2v) is 4.30. The molecule has 3 nitrogen and oxygen atoms in total. The molecular formula is C11H15NO2S. The summed E-state index contributed by atoms with van der Waals surface area (Å²) in [5, 5.41) is 0. The number of amides is 1. The van der Waals surface area contributed by atoms with Crippen molar-refractivity contribution in [3.05, 3.63) is 24.3 Å². The molecule has 0 aliphatic heterocycles. The average molecular weight is 227 g/mol. The number of hydrogen-bond acceptors (Lipinski definition) is 3. The Hall–Kier alpha value is -1.16. The minimum absolute atomic E-state index is 0.121. The first-order valence-electron chi connectivity index (χ1n) is 4.60. The van der Waals surface area contributed by atoms with Crippen LogP contribution in [-0.2, 0) is 4.79 Å². The summed E-state index contributed by atoms with van der Waals surface area (Å²) in [6.45, 7) is 0. The molecule has 0 unspecified atom stereocenters. The van der Waals surface area contributed by atoms with E-state index in [0.29, 0.717) is 5.75 Å². The van der Waals surface area contributed by atoms with Crippen LogP contribution >= 0.6 is 11.8 Å². The van der Waals surface area contributed by atoms with Gasteiger partial charge in [0.05, 0.1) is 12.9 Å². The summed E-state index contributed by atoms with van der Waals surface area (Å²) in [5.74, 6) is 1.42. The fourth-order valence-corrected chi connectivity index (χ4v) is 1.82. The van der Waals surface area contributed by atoms with Crippen molar-refractivity contribution >= 4 is 17.7 Å². The third kappa shape index (κ3) is 3.83. The number of thioether (sulfide) groups is 1. The summed E-state index contributed by atoms with van der Waals surface area (Å²) in [6, 6.07) is 7.68. The zero-order valence-electron chi connectivity index (χ0n) is 9.19. The number of methoxy groups -OCH3 is 1. The number of carbonyl (C=O) groups excluding carboxylic acids is 1. The van der Waals surface area contributed by atoms with Gasteiger partial charge in [-0.25, -0.2) is 0 Å². The Labute approximate surface area is 94.4 Å². The van der Waals surface area contributed by atoms with Gasteiger partial charge in [-0.15, -0.1) is 11.8 Å². The Kier molecular flexibility index (Phi) is 4.49. The second kappa shape index (κ2) is 5.66. The summed E-state index contributed by atoms with van der Waals surface area (Å²) < 4.78 is 5.05. The maximum Gasteiger partial charge on any atom is 0.232 e. The van der Waals surface area contributed by atoms with Crippen LogP contribution in [0.2, 0.25) is 0 Å². The number of ether oxygens (including phenoxy) is 1. The SMILES string of the molecule is COc1ccc(S[13CH2][13C](=O)N(C)C)cc1. The minimum atomic E-state index is 0.121. The van der Waals surface area contributed by atoms with Crippen LogP contribution in [0.1, 0.15) is 0 Å². The molecule has 4 heteroatoms. The molecule has 1 aromatic rings. The van der Waals surface area contributed by atoms with Crippen molar-refractivity contribution in [2.75, 3.05) is 27.0 Å². The lowest BCUT2D eigenvalue weighted by Gasteiger charge is -2.09. The molecule has 0 radical (unpaired) electrons. The number of benzene rings is 1. The Bertz CT molecular complexity index is 322. The Morgan fingerprint density at radius 2 is 1.93 bits per heavy atom. The third-order valence-corrected chi connectivity index (χ3v) is 2.92. The number of hydrogen-bond donors (Lipinski definition) is 0. The van der Waals surface area contributed by atoms with Crippen molar-refractivity contribution in [2.24, 2.45) is 0 Å². The van der Waals surface area contributed by atoms with Crippen molar-refractivity contribution < 1.29 is 9.53 Å². The summed E-state index contributed by atoms with van der Waals surface area (Å²) in [7, 11) is 5.16. The van der Waals surface area contributed by atoms with Crippen LogP contribution in [0.15, 0.2) is 29.2 Å². The fourth-order valence-electron chi connectivity index (χ4n) is 0.946. The van der Waals surface area contributed by atoms with Gasteiger partial charge in [0.25, 0.3) is 0 Å². The molecule has 1 rings (SSSR count). The first-order valence-corrected chi connectivity index (χ1v) is 5.59. The van der Waals surface area contributed by atoms with Gasteiger partial charge >= 0.3 is 0 Å². The number of carbonyl (C=O) groups is 1. The molecule has 1 aromatic carbocycles. The molecule has 0 spiro atoms. The lowest BCUT2D eigenvalue weighted by Crippen LogP contribution is -2.23. The maximum absolute atomic E-state index is 11.3. The molecule has 1 amide bonds. The molecule has 0 heterocycles. The van der Waals surface area contributed by atoms with E-state index in [4.69, 9.17) is 4.74 Å². The quantitative estimate of drug-likeness (QED) is 0.581. The first kappa shape index (κ1) is 11.9. The van der Waals surface area contributed by atoms with Crippen molar-refractivity contribution in [1.82, 2.24) is 4.90 Å². The number of nitrogens with zero attached hydrogens (tertiary/aromatic N) is 1. The summed E-state index contributed by atoms with van der Waals surface area (Å²) >= 11 is 1.53. The van der Waals surface area contributed by atoms with E-state index in [1.54, 1.807) is 26.1 Å². The Morgan fingerprint density at radius 1 is 1.33 bits per heavy atom. The highest BCUT2D eigenvalue weighted by atomic mass is 32.2. The van der Waals surface area contributed by atoms with E-state index in [-0.39, 0.29) is 5.91 Å². The zero-order chi connectivity index (χ0) is 11.3. The monoisotopic (exact) mass is 227 g/mol. The first-order chi connectivity index (χ1) is 7.13. The standard InChI is InChI=1S/C11H15NO2S/c1-12(2)11(13)8-15-10-6-4-9(14-3)5-7-10/h4-7H,8H2,1-3H3/i8+1,11+1. The van der Waals surface area contributed by atoms with Crippen molar-refractivity contribution in [1.29, 1.82) is 0 Å². The van der Waals surface area contributed by atoms with E-state index >= 15 is 0 Å². The van der Waals surface area contributed by atoms with Crippen LogP contribution in [0.3, 0.4) is 0 Å².